The van der Waals surface area contributed by atoms with E-state index in [9.17, 15) is 9.18 Å². The van der Waals surface area contributed by atoms with E-state index in [0.29, 0.717) is 22.9 Å². The van der Waals surface area contributed by atoms with E-state index in [2.05, 4.69) is 15.2 Å². The zero-order chi connectivity index (χ0) is 18.4. The van der Waals surface area contributed by atoms with Crippen LogP contribution < -0.4 is 5.32 Å². The lowest BCUT2D eigenvalue weighted by Crippen LogP contribution is -2.49. The number of amides is 1. The maximum Gasteiger partial charge on any atom is 0.254 e. The molecule has 0 bridgehead atoms. The van der Waals surface area contributed by atoms with E-state index in [-0.39, 0.29) is 11.7 Å². The summed E-state index contributed by atoms with van der Waals surface area (Å²) in [6, 6.07) is 6.93. The van der Waals surface area contributed by atoms with Crippen molar-refractivity contribution in [2.75, 3.05) is 39.3 Å². The predicted molar refractivity (Wildman–Crippen MR) is 102 cm³/mol. The Hall–Kier alpha value is -2.05. The lowest BCUT2D eigenvalue weighted by Gasteiger charge is -2.32. The van der Waals surface area contributed by atoms with Crippen LogP contribution in [0.2, 0.25) is 0 Å². The highest BCUT2D eigenvalue weighted by Gasteiger charge is 2.33. The van der Waals surface area contributed by atoms with E-state index < -0.39 is 0 Å². The summed E-state index contributed by atoms with van der Waals surface area (Å²) in [5.74, 6) is 0.156. The van der Waals surface area contributed by atoms with Crippen LogP contribution in [0.1, 0.15) is 41.2 Å². The fourth-order valence-corrected chi connectivity index (χ4v) is 4.43. The van der Waals surface area contributed by atoms with Gasteiger partial charge in [-0.3, -0.25) is 14.7 Å². The zero-order valence-corrected chi connectivity index (χ0v) is 15.5. The molecule has 3 fully saturated rings. The van der Waals surface area contributed by atoms with E-state index in [0.717, 1.165) is 69.7 Å². The molecule has 5 rings (SSSR count). The number of nitrogens with zero attached hydrogens (tertiary/aromatic N) is 3. The number of benzene rings is 1. The first-order valence-electron chi connectivity index (χ1n) is 10.0. The Kier molecular flexibility index (Phi) is 4.32. The normalized spacial score (nSPS) is 23.9. The molecule has 1 saturated carbocycles. The van der Waals surface area contributed by atoms with E-state index >= 15 is 0 Å². The van der Waals surface area contributed by atoms with Crippen molar-refractivity contribution >= 4 is 16.8 Å². The highest BCUT2D eigenvalue weighted by Crippen LogP contribution is 2.40. The van der Waals surface area contributed by atoms with Crippen LogP contribution in [0.25, 0.3) is 10.9 Å². The van der Waals surface area contributed by atoms with Gasteiger partial charge in [0.2, 0.25) is 0 Å². The van der Waals surface area contributed by atoms with Crippen LogP contribution in [0, 0.1) is 5.82 Å². The van der Waals surface area contributed by atoms with Crippen LogP contribution in [-0.2, 0) is 0 Å². The van der Waals surface area contributed by atoms with Crippen molar-refractivity contribution in [3.8, 4) is 0 Å². The topological polar surface area (TPSA) is 48.5 Å². The van der Waals surface area contributed by atoms with Crippen molar-refractivity contribution in [3.63, 3.8) is 0 Å². The zero-order valence-electron chi connectivity index (χ0n) is 15.5. The minimum Gasteiger partial charge on any atom is -0.337 e. The molecule has 1 atom stereocenters. The number of hydrogen-bond acceptors (Lipinski definition) is 4. The van der Waals surface area contributed by atoms with E-state index in [1.807, 2.05) is 11.0 Å². The quantitative estimate of drug-likeness (QED) is 0.904. The van der Waals surface area contributed by atoms with Crippen molar-refractivity contribution < 1.29 is 9.18 Å². The van der Waals surface area contributed by atoms with Gasteiger partial charge in [0.15, 0.2) is 0 Å². The monoisotopic (exact) mass is 368 g/mol. The molecule has 1 aromatic heterocycles. The summed E-state index contributed by atoms with van der Waals surface area (Å²) in [5.41, 5.74) is 2.32. The molecule has 1 amide bonds. The Bertz CT molecular complexity index is 876. The summed E-state index contributed by atoms with van der Waals surface area (Å²) in [6.45, 7) is 5.65. The molecule has 1 unspecified atom stereocenters. The van der Waals surface area contributed by atoms with Gasteiger partial charge in [-0.05, 0) is 43.5 Å². The summed E-state index contributed by atoms with van der Waals surface area (Å²) >= 11 is 0. The van der Waals surface area contributed by atoms with Crippen LogP contribution in [-0.4, -0.2) is 66.0 Å². The average molecular weight is 368 g/mol. The molecule has 2 saturated heterocycles. The number of halogens is 1. The Morgan fingerprint density at radius 1 is 1.11 bits per heavy atom. The number of aromatic nitrogens is 1. The second-order valence-electron chi connectivity index (χ2n) is 8.01. The van der Waals surface area contributed by atoms with Crippen molar-refractivity contribution in [2.45, 2.75) is 31.2 Å². The molecule has 1 N–H and O–H groups in total. The standard InChI is InChI=1S/C21H25FN4O/c22-15-3-4-19-17(11-15)18(12-20(24-19)14-1-2-14)21(27)26-8-5-16(13-26)25-9-6-23-7-10-25/h3-4,11-12,14,16,23H,1-2,5-10,13H2. The van der Waals surface area contributed by atoms with Gasteiger partial charge in [-0.25, -0.2) is 4.39 Å². The molecule has 142 valence electrons. The van der Waals surface area contributed by atoms with Gasteiger partial charge in [0, 0.05) is 62.3 Å². The third-order valence-corrected chi connectivity index (χ3v) is 6.14. The van der Waals surface area contributed by atoms with Crippen LogP contribution in [0.15, 0.2) is 24.3 Å². The first-order valence-corrected chi connectivity index (χ1v) is 10.0. The van der Waals surface area contributed by atoms with Gasteiger partial charge in [0.25, 0.3) is 5.91 Å². The molecule has 1 aliphatic carbocycles. The maximum absolute atomic E-state index is 13.9. The highest BCUT2D eigenvalue weighted by molar-refractivity contribution is 6.06. The van der Waals surface area contributed by atoms with Gasteiger partial charge in [0.1, 0.15) is 5.82 Å². The molecule has 3 heterocycles. The Labute approximate surface area is 158 Å². The number of nitrogens with one attached hydrogen (secondary N) is 1. The summed E-state index contributed by atoms with van der Waals surface area (Å²) in [7, 11) is 0. The van der Waals surface area contributed by atoms with Gasteiger partial charge in [-0.2, -0.15) is 0 Å². The number of hydrogen-bond donors (Lipinski definition) is 1. The Balaban J connectivity index is 1.44. The minimum absolute atomic E-state index is 0.0209. The summed E-state index contributed by atoms with van der Waals surface area (Å²) in [4.78, 5) is 22.5. The summed E-state index contributed by atoms with van der Waals surface area (Å²) < 4.78 is 13.9. The van der Waals surface area contributed by atoms with Crippen molar-refractivity contribution in [3.05, 3.63) is 41.3 Å². The minimum atomic E-state index is -0.322. The van der Waals surface area contributed by atoms with Crippen LogP contribution in [0.5, 0.6) is 0 Å². The Morgan fingerprint density at radius 2 is 1.93 bits per heavy atom. The van der Waals surface area contributed by atoms with Gasteiger partial charge < -0.3 is 10.2 Å². The molecule has 1 aromatic carbocycles. The second-order valence-corrected chi connectivity index (χ2v) is 8.01. The molecule has 27 heavy (non-hydrogen) atoms. The third-order valence-electron chi connectivity index (χ3n) is 6.14. The van der Waals surface area contributed by atoms with Gasteiger partial charge in [-0.15, -0.1) is 0 Å². The second kappa shape index (κ2) is 6.84. The van der Waals surface area contributed by atoms with E-state index in [1.54, 1.807) is 6.07 Å². The Morgan fingerprint density at radius 3 is 2.70 bits per heavy atom. The number of fused-ring (bicyclic) bond motifs is 1. The largest absolute Gasteiger partial charge is 0.337 e. The molecular formula is C21H25FN4O. The van der Waals surface area contributed by atoms with Crippen LogP contribution in [0.4, 0.5) is 4.39 Å². The third kappa shape index (κ3) is 3.32. The smallest absolute Gasteiger partial charge is 0.254 e. The molecule has 0 spiro atoms. The number of pyridine rings is 1. The predicted octanol–water partition coefficient (Wildman–Crippen LogP) is 2.37. The summed E-state index contributed by atoms with van der Waals surface area (Å²) in [5, 5.41) is 4.02. The average Bonchev–Trinajstić information content (AvgIpc) is 3.44. The van der Waals surface area contributed by atoms with Crippen molar-refractivity contribution in [1.29, 1.82) is 0 Å². The van der Waals surface area contributed by atoms with Crippen molar-refractivity contribution in [1.82, 2.24) is 20.1 Å². The van der Waals surface area contributed by atoms with Gasteiger partial charge >= 0.3 is 0 Å². The fourth-order valence-electron chi connectivity index (χ4n) is 4.43. The molecule has 6 heteroatoms. The van der Waals surface area contributed by atoms with Crippen LogP contribution >= 0.6 is 0 Å². The van der Waals surface area contributed by atoms with Crippen LogP contribution in [0.3, 0.4) is 0 Å². The summed E-state index contributed by atoms with van der Waals surface area (Å²) in [6.07, 6.45) is 3.27. The van der Waals surface area contributed by atoms with Crippen molar-refractivity contribution in [2.24, 2.45) is 0 Å². The van der Waals surface area contributed by atoms with E-state index in [4.69, 9.17) is 0 Å². The van der Waals surface area contributed by atoms with E-state index in [1.165, 1.54) is 12.1 Å². The lowest BCUT2D eigenvalue weighted by molar-refractivity contribution is 0.0775. The SMILES string of the molecule is O=C(c1cc(C2CC2)nc2ccc(F)cc12)N1CCC(N2CCNCC2)C1. The first-order chi connectivity index (χ1) is 13.2. The van der Waals surface area contributed by atoms with Gasteiger partial charge in [0.05, 0.1) is 11.1 Å². The molecule has 2 aromatic rings. The number of rotatable bonds is 3. The first kappa shape index (κ1) is 17.1. The molecule has 5 nitrogen and oxygen atoms in total. The fraction of sp³-hybridized carbons (Fsp3) is 0.524. The molecular weight excluding hydrogens is 343 g/mol. The lowest BCUT2D eigenvalue weighted by atomic mass is 10.0. The molecule has 0 radical (unpaired) electrons. The number of likely N-dealkylation sites (tertiary alicyclic amines) is 1. The van der Waals surface area contributed by atoms with Gasteiger partial charge in [-0.1, -0.05) is 0 Å². The number of carbonyl (C=O) groups is 1. The highest BCUT2D eigenvalue weighted by atomic mass is 19.1. The molecule has 2 aliphatic heterocycles. The number of carbonyl (C=O) groups excluding carboxylic acids is 1. The maximum atomic E-state index is 13.9. The number of piperazine rings is 1. The molecule has 3 aliphatic rings.